The van der Waals surface area contributed by atoms with E-state index in [4.69, 9.17) is 4.74 Å². The molecule has 3 heteroatoms. The highest BCUT2D eigenvalue weighted by molar-refractivity contribution is 5.26. The number of nitrogens with one attached hydrogen (secondary N) is 1. The average Bonchev–Trinajstić information content (AvgIpc) is 2.29. The molecule has 1 aliphatic heterocycles. The predicted molar refractivity (Wildman–Crippen MR) is 71.0 cm³/mol. The van der Waals surface area contributed by atoms with Crippen LogP contribution in [0.4, 0.5) is 4.39 Å². The van der Waals surface area contributed by atoms with Gasteiger partial charge in [0, 0.05) is 19.2 Å². The molecule has 1 saturated heterocycles. The maximum atomic E-state index is 13.2. The lowest BCUT2D eigenvalue weighted by atomic mass is 9.93. The fraction of sp³-hybridized carbons (Fsp3) is 0.600. The summed E-state index contributed by atoms with van der Waals surface area (Å²) in [6, 6.07) is 5.42. The fourth-order valence-corrected chi connectivity index (χ4v) is 2.49. The summed E-state index contributed by atoms with van der Waals surface area (Å²) in [4.78, 5) is 0. The highest BCUT2D eigenvalue weighted by atomic mass is 19.1. The molecule has 1 N–H and O–H groups in total. The van der Waals surface area contributed by atoms with Crippen molar-refractivity contribution >= 4 is 0 Å². The Kier molecular flexibility index (Phi) is 4.03. The van der Waals surface area contributed by atoms with Crippen molar-refractivity contribution in [3.05, 3.63) is 35.1 Å². The molecule has 1 aliphatic rings. The summed E-state index contributed by atoms with van der Waals surface area (Å²) in [7, 11) is 0. The second-order valence-electron chi connectivity index (χ2n) is 5.75. The SMILES string of the molecule is Cc1ccc(F)cc1CNC1CCOC(C)(C)C1. The quantitative estimate of drug-likeness (QED) is 0.891. The molecule has 1 unspecified atom stereocenters. The number of halogens is 1. The van der Waals surface area contributed by atoms with E-state index in [0.717, 1.165) is 37.1 Å². The zero-order chi connectivity index (χ0) is 13.2. The Morgan fingerprint density at radius 3 is 2.94 bits per heavy atom. The van der Waals surface area contributed by atoms with Gasteiger partial charge in [0.2, 0.25) is 0 Å². The van der Waals surface area contributed by atoms with E-state index in [2.05, 4.69) is 19.2 Å². The van der Waals surface area contributed by atoms with Crippen molar-refractivity contribution < 1.29 is 9.13 Å². The van der Waals surface area contributed by atoms with Gasteiger partial charge in [0.05, 0.1) is 5.60 Å². The van der Waals surface area contributed by atoms with Gasteiger partial charge in [-0.3, -0.25) is 0 Å². The topological polar surface area (TPSA) is 21.3 Å². The molecule has 0 radical (unpaired) electrons. The minimum absolute atomic E-state index is 0.0487. The maximum absolute atomic E-state index is 13.2. The molecule has 0 bridgehead atoms. The molecule has 1 heterocycles. The second kappa shape index (κ2) is 5.37. The Bertz CT molecular complexity index is 417. The van der Waals surface area contributed by atoms with Gasteiger partial charge < -0.3 is 10.1 Å². The van der Waals surface area contributed by atoms with Gasteiger partial charge in [-0.15, -0.1) is 0 Å². The van der Waals surface area contributed by atoms with E-state index in [1.807, 2.05) is 13.0 Å². The molecular formula is C15H22FNO. The van der Waals surface area contributed by atoms with Crippen molar-refractivity contribution in [2.24, 2.45) is 0 Å². The summed E-state index contributed by atoms with van der Waals surface area (Å²) in [5.74, 6) is -0.162. The fourth-order valence-electron chi connectivity index (χ4n) is 2.49. The lowest BCUT2D eigenvalue weighted by Gasteiger charge is -2.36. The van der Waals surface area contributed by atoms with Crippen LogP contribution in [-0.4, -0.2) is 18.2 Å². The lowest BCUT2D eigenvalue weighted by Crippen LogP contribution is -2.43. The molecule has 0 aliphatic carbocycles. The van der Waals surface area contributed by atoms with E-state index >= 15 is 0 Å². The Balaban J connectivity index is 1.93. The first-order valence-electron chi connectivity index (χ1n) is 6.59. The molecule has 1 fully saturated rings. The van der Waals surface area contributed by atoms with Crippen molar-refractivity contribution in [3.8, 4) is 0 Å². The van der Waals surface area contributed by atoms with E-state index in [-0.39, 0.29) is 11.4 Å². The van der Waals surface area contributed by atoms with Crippen LogP contribution in [0.15, 0.2) is 18.2 Å². The molecule has 0 spiro atoms. The van der Waals surface area contributed by atoms with Gasteiger partial charge in [0.1, 0.15) is 5.82 Å². The van der Waals surface area contributed by atoms with Crippen LogP contribution >= 0.6 is 0 Å². The highest BCUT2D eigenvalue weighted by Crippen LogP contribution is 2.24. The van der Waals surface area contributed by atoms with Crippen LogP contribution in [0.2, 0.25) is 0 Å². The third kappa shape index (κ3) is 3.53. The smallest absolute Gasteiger partial charge is 0.123 e. The van der Waals surface area contributed by atoms with Crippen LogP contribution in [0.3, 0.4) is 0 Å². The van der Waals surface area contributed by atoms with Gasteiger partial charge >= 0.3 is 0 Å². The summed E-state index contributed by atoms with van der Waals surface area (Å²) in [6.45, 7) is 7.78. The van der Waals surface area contributed by atoms with Crippen LogP contribution in [-0.2, 0) is 11.3 Å². The first-order valence-corrected chi connectivity index (χ1v) is 6.59. The van der Waals surface area contributed by atoms with E-state index in [1.54, 1.807) is 6.07 Å². The Morgan fingerprint density at radius 1 is 1.44 bits per heavy atom. The number of hydrogen-bond acceptors (Lipinski definition) is 2. The highest BCUT2D eigenvalue weighted by Gasteiger charge is 2.28. The van der Waals surface area contributed by atoms with Gasteiger partial charge in [-0.1, -0.05) is 6.07 Å². The summed E-state index contributed by atoms with van der Waals surface area (Å²) in [5, 5.41) is 3.51. The summed E-state index contributed by atoms with van der Waals surface area (Å²) >= 11 is 0. The van der Waals surface area contributed by atoms with Crippen LogP contribution < -0.4 is 5.32 Å². The van der Waals surface area contributed by atoms with Gasteiger partial charge in [0.25, 0.3) is 0 Å². The molecular weight excluding hydrogens is 229 g/mol. The standard InChI is InChI=1S/C15H22FNO/c1-11-4-5-13(16)8-12(11)10-17-14-6-7-18-15(2,3)9-14/h4-5,8,14,17H,6-7,9-10H2,1-3H3. The van der Waals surface area contributed by atoms with Crippen LogP contribution in [0.25, 0.3) is 0 Å². The third-order valence-corrected chi connectivity index (χ3v) is 3.59. The molecule has 1 atom stereocenters. The van der Waals surface area contributed by atoms with Gasteiger partial charge in [-0.05, 0) is 56.9 Å². The van der Waals surface area contributed by atoms with Crippen molar-refractivity contribution in [1.29, 1.82) is 0 Å². The first-order chi connectivity index (χ1) is 8.46. The van der Waals surface area contributed by atoms with E-state index < -0.39 is 0 Å². The molecule has 18 heavy (non-hydrogen) atoms. The van der Waals surface area contributed by atoms with Crippen LogP contribution in [0, 0.1) is 12.7 Å². The predicted octanol–water partition coefficient (Wildman–Crippen LogP) is 3.18. The zero-order valence-electron chi connectivity index (χ0n) is 11.4. The monoisotopic (exact) mass is 251 g/mol. The number of aryl methyl sites for hydroxylation is 1. The Labute approximate surface area is 109 Å². The molecule has 1 aromatic carbocycles. The lowest BCUT2D eigenvalue weighted by molar-refractivity contribution is -0.0630. The molecule has 2 nitrogen and oxygen atoms in total. The van der Waals surface area contributed by atoms with Crippen molar-refractivity contribution in [2.75, 3.05) is 6.61 Å². The minimum atomic E-state index is -0.162. The Morgan fingerprint density at radius 2 is 2.22 bits per heavy atom. The minimum Gasteiger partial charge on any atom is -0.375 e. The van der Waals surface area contributed by atoms with Crippen LogP contribution in [0.1, 0.15) is 37.8 Å². The summed E-state index contributed by atoms with van der Waals surface area (Å²) in [6.07, 6.45) is 2.03. The molecule has 2 rings (SSSR count). The van der Waals surface area contributed by atoms with E-state index in [1.165, 1.54) is 6.07 Å². The molecule has 0 aromatic heterocycles. The first kappa shape index (κ1) is 13.5. The number of benzene rings is 1. The van der Waals surface area contributed by atoms with Crippen molar-refractivity contribution in [1.82, 2.24) is 5.32 Å². The normalized spacial score (nSPS) is 23.0. The average molecular weight is 251 g/mol. The zero-order valence-corrected chi connectivity index (χ0v) is 11.4. The summed E-state index contributed by atoms with van der Waals surface area (Å²) in [5.41, 5.74) is 2.13. The molecule has 0 amide bonds. The molecule has 100 valence electrons. The second-order valence-corrected chi connectivity index (χ2v) is 5.75. The van der Waals surface area contributed by atoms with Gasteiger partial charge in [-0.2, -0.15) is 0 Å². The summed E-state index contributed by atoms with van der Waals surface area (Å²) < 4.78 is 18.9. The maximum Gasteiger partial charge on any atom is 0.123 e. The van der Waals surface area contributed by atoms with E-state index in [9.17, 15) is 4.39 Å². The van der Waals surface area contributed by atoms with Gasteiger partial charge in [-0.25, -0.2) is 4.39 Å². The van der Waals surface area contributed by atoms with E-state index in [0.29, 0.717) is 6.04 Å². The number of ether oxygens (including phenoxy) is 1. The number of hydrogen-bond donors (Lipinski definition) is 1. The number of rotatable bonds is 3. The Hall–Kier alpha value is -0.930. The van der Waals surface area contributed by atoms with Crippen LogP contribution in [0.5, 0.6) is 0 Å². The molecule has 1 aromatic rings. The van der Waals surface area contributed by atoms with Crippen molar-refractivity contribution in [3.63, 3.8) is 0 Å². The van der Waals surface area contributed by atoms with Crippen molar-refractivity contribution in [2.45, 2.75) is 51.8 Å². The largest absolute Gasteiger partial charge is 0.375 e. The van der Waals surface area contributed by atoms with Gasteiger partial charge in [0.15, 0.2) is 0 Å². The third-order valence-electron chi connectivity index (χ3n) is 3.59. The molecule has 0 saturated carbocycles.